The summed E-state index contributed by atoms with van der Waals surface area (Å²) in [5.41, 5.74) is -5.10. The molecule has 0 spiro atoms. The third-order valence-electron chi connectivity index (χ3n) is 4.41. The molecule has 9 heteroatoms. The van der Waals surface area contributed by atoms with E-state index in [4.69, 9.17) is 4.74 Å². The maximum absolute atomic E-state index is 12.6. The summed E-state index contributed by atoms with van der Waals surface area (Å²) in [4.78, 5) is 2.30. The van der Waals surface area contributed by atoms with Crippen LogP contribution in [0.5, 0.6) is 11.5 Å². The first-order valence-corrected chi connectivity index (χ1v) is 9.65. The molecular formula is C16H20F3NO4S. The Kier molecular flexibility index (Phi) is 4.89. The van der Waals surface area contributed by atoms with Gasteiger partial charge >= 0.3 is 15.6 Å². The zero-order valence-electron chi connectivity index (χ0n) is 13.8. The SMILES string of the molecule is CCCN(C1CC1)C1COc2cccc(OS(=O)(=O)C(F)(F)F)c2C1. The van der Waals surface area contributed by atoms with E-state index in [-0.39, 0.29) is 11.8 Å². The molecule has 0 radical (unpaired) electrons. The molecule has 0 N–H and O–H groups in total. The minimum absolute atomic E-state index is 0.00158. The number of fused-ring (bicyclic) bond motifs is 1. The number of benzene rings is 1. The zero-order valence-corrected chi connectivity index (χ0v) is 14.6. The van der Waals surface area contributed by atoms with Crippen LogP contribution in [0.1, 0.15) is 31.7 Å². The van der Waals surface area contributed by atoms with E-state index < -0.39 is 15.6 Å². The predicted molar refractivity (Wildman–Crippen MR) is 85.1 cm³/mol. The van der Waals surface area contributed by atoms with Crippen molar-refractivity contribution in [3.63, 3.8) is 0 Å². The van der Waals surface area contributed by atoms with Gasteiger partial charge in [-0.25, -0.2) is 0 Å². The fourth-order valence-corrected chi connectivity index (χ4v) is 3.63. The second-order valence-electron chi connectivity index (χ2n) is 6.35. The monoisotopic (exact) mass is 379 g/mol. The number of rotatable bonds is 6. The van der Waals surface area contributed by atoms with Crippen LogP contribution in [-0.4, -0.2) is 44.1 Å². The summed E-state index contributed by atoms with van der Waals surface area (Å²) < 4.78 is 70.6. The first-order valence-electron chi connectivity index (χ1n) is 8.24. The van der Waals surface area contributed by atoms with Gasteiger partial charge in [0.2, 0.25) is 0 Å². The van der Waals surface area contributed by atoms with Crippen molar-refractivity contribution in [2.24, 2.45) is 0 Å². The standard InChI is InChI=1S/C16H20F3NO4S/c1-2-8-20(11-6-7-11)12-9-13-14(23-10-12)4-3-5-15(13)24-25(21,22)16(17,18)19/h3-5,11-12H,2,6-10H2,1H3. The predicted octanol–water partition coefficient (Wildman–Crippen LogP) is 3.09. The molecule has 1 heterocycles. The van der Waals surface area contributed by atoms with Gasteiger partial charge in [-0.3, -0.25) is 4.90 Å². The summed E-state index contributed by atoms with van der Waals surface area (Å²) in [6, 6.07) is 4.74. The molecule has 0 saturated heterocycles. The van der Waals surface area contributed by atoms with Crippen molar-refractivity contribution < 1.29 is 30.5 Å². The molecule has 25 heavy (non-hydrogen) atoms. The largest absolute Gasteiger partial charge is 0.534 e. The van der Waals surface area contributed by atoms with Crippen molar-refractivity contribution >= 4 is 10.1 Å². The number of ether oxygens (including phenoxy) is 1. The van der Waals surface area contributed by atoms with E-state index in [0.717, 1.165) is 25.8 Å². The lowest BCUT2D eigenvalue weighted by Crippen LogP contribution is -2.45. The van der Waals surface area contributed by atoms with E-state index in [0.29, 0.717) is 30.4 Å². The third-order valence-corrected chi connectivity index (χ3v) is 5.38. The van der Waals surface area contributed by atoms with Gasteiger partial charge < -0.3 is 8.92 Å². The molecule has 2 aliphatic rings. The van der Waals surface area contributed by atoms with E-state index in [2.05, 4.69) is 16.0 Å². The Morgan fingerprint density at radius 2 is 2.00 bits per heavy atom. The normalized spacial score (nSPS) is 20.9. The molecule has 0 amide bonds. The number of alkyl halides is 3. The molecule has 1 fully saturated rings. The maximum Gasteiger partial charge on any atom is 0.534 e. The minimum atomic E-state index is -5.71. The van der Waals surface area contributed by atoms with Crippen molar-refractivity contribution in [3.05, 3.63) is 23.8 Å². The van der Waals surface area contributed by atoms with Crippen LogP contribution in [0.2, 0.25) is 0 Å². The summed E-state index contributed by atoms with van der Waals surface area (Å²) in [6.07, 6.45) is 3.56. The van der Waals surface area contributed by atoms with Gasteiger partial charge in [0.1, 0.15) is 18.1 Å². The lowest BCUT2D eigenvalue weighted by Gasteiger charge is -2.35. The van der Waals surface area contributed by atoms with E-state index in [1.54, 1.807) is 6.07 Å². The highest BCUT2D eigenvalue weighted by Gasteiger charge is 2.49. The average molecular weight is 379 g/mol. The van der Waals surface area contributed by atoms with Gasteiger partial charge in [0.25, 0.3) is 0 Å². The topological polar surface area (TPSA) is 55.8 Å². The fraction of sp³-hybridized carbons (Fsp3) is 0.625. The van der Waals surface area contributed by atoms with Crippen LogP contribution in [-0.2, 0) is 16.5 Å². The first-order chi connectivity index (χ1) is 11.7. The first kappa shape index (κ1) is 18.3. The van der Waals surface area contributed by atoms with E-state index in [1.165, 1.54) is 12.1 Å². The van der Waals surface area contributed by atoms with Gasteiger partial charge in [0.15, 0.2) is 0 Å². The van der Waals surface area contributed by atoms with Crippen LogP contribution in [0.3, 0.4) is 0 Å². The average Bonchev–Trinajstić information content (AvgIpc) is 3.36. The van der Waals surface area contributed by atoms with Crippen LogP contribution >= 0.6 is 0 Å². The number of hydrogen-bond donors (Lipinski definition) is 0. The fourth-order valence-electron chi connectivity index (χ4n) is 3.15. The highest BCUT2D eigenvalue weighted by atomic mass is 32.2. The molecule has 3 rings (SSSR count). The Bertz CT molecular complexity index is 731. The second kappa shape index (κ2) is 6.68. The Morgan fingerprint density at radius 1 is 1.28 bits per heavy atom. The molecule has 1 unspecified atom stereocenters. The van der Waals surface area contributed by atoms with Crippen molar-refractivity contribution in [2.75, 3.05) is 13.2 Å². The summed E-state index contributed by atoms with van der Waals surface area (Å²) >= 11 is 0. The van der Waals surface area contributed by atoms with Gasteiger partial charge in [0, 0.05) is 17.6 Å². The number of hydrogen-bond acceptors (Lipinski definition) is 5. The van der Waals surface area contributed by atoms with Crippen LogP contribution in [0, 0.1) is 0 Å². The van der Waals surface area contributed by atoms with Crippen LogP contribution in [0.15, 0.2) is 18.2 Å². The Balaban J connectivity index is 1.85. The molecule has 1 aliphatic heterocycles. The Labute approximate surface area is 144 Å². The van der Waals surface area contributed by atoms with Crippen molar-refractivity contribution in [3.8, 4) is 11.5 Å². The number of halogens is 3. The molecule has 5 nitrogen and oxygen atoms in total. The molecular weight excluding hydrogens is 359 g/mol. The quantitative estimate of drug-likeness (QED) is 0.562. The van der Waals surface area contributed by atoms with Gasteiger partial charge in [-0.15, -0.1) is 0 Å². The third kappa shape index (κ3) is 3.87. The van der Waals surface area contributed by atoms with Crippen LogP contribution in [0.25, 0.3) is 0 Å². The molecule has 0 bridgehead atoms. The van der Waals surface area contributed by atoms with E-state index in [1.807, 2.05) is 0 Å². The summed E-state index contributed by atoms with van der Waals surface area (Å²) in [5.74, 6) is 0.0603. The summed E-state index contributed by atoms with van der Waals surface area (Å²) in [7, 11) is -5.71. The maximum atomic E-state index is 12.6. The second-order valence-corrected chi connectivity index (χ2v) is 7.89. The highest BCUT2D eigenvalue weighted by molar-refractivity contribution is 7.88. The zero-order chi connectivity index (χ0) is 18.2. The molecule has 140 valence electrons. The van der Waals surface area contributed by atoms with E-state index in [9.17, 15) is 21.6 Å². The molecule has 1 aliphatic carbocycles. The molecule has 1 aromatic rings. The highest BCUT2D eigenvalue weighted by Crippen LogP contribution is 2.39. The molecule has 0 aromatic heterocycles. The van der Waals surface area contributed by atoms with Crippen molar-refractivity contribution in [2.45, 2.75) is 50.2 Å². The van der Waals surface area contributed by atoms with Crippen molar-refractivity contribution in [1.82, 2.24) is 4.90 Å². The van der Waals surface area contributed by atoms with Gasteiger partial charge in [0.05, 0.1) is 0 Å². The van der Waals surface area contributed by atoms with E-state index >= 15 is 0 Å². The van der Waals surface area contributed by atoms with Crippen LogP contribution < -0.4 is 8.92 Å². The smallest absolute Gasteiger partial charge is 0.492 e. The van der Waals surface area contributed by atoms with Gasteiger partial charge in [-0.05, 0) is 44.4 Å². The molecule has 1 saturated carbocycles. The van der Waals surface area contributed by atoms with Gasteiger partial charge in [-0.2, -0.15) is 21.6 Å². The summed E-state index contributed by atoms with van der Waals surface area (Å²) in [5, 5.41) is 0. The molecule has 1 atom stereocenters. The van der Waals surface area contributed by atoms with Crippen molar-refractivity contribution in [1.29, 1.82) is 0 Å². The Morgan fingerprint density at radius 3 is 2.60 bits per heavy atom. The lowest BCUT2D eigenvalue weighted by atomic mass is 10.00. The minimum Gasteiger partial charge on any atom is -0.492 e. The number of nitrogens with zero attached hydrogens (tertiary/aromatic N) is 1. The summed E-state index contributed by atoms with van der Waals surface area (Å²) in [6.45, 7) is 3.37. The van der Waals surface area contributed by atoms with Crippen LogP contribution in [0.4, 0.5) is 13.2 Å². The van der Waals surface area contributed by atoms with Gasteiger partial charge in [-0.1, -0.05) is 13.0 Å². The Hall–Kier alpha value is -1.48. The lowest BCUT2D eigenvalue weighted by molar-refractivity contribution is -0.0500. The molecule has 1 aromatic carbocycles.